The number of nitrogens with two attached hydrogens (primary N) is 2. The fourth-order valence-electron chi connectivity index (χ4n) is 1.82. The van der Waals surface area contributed by atoms with E-state index in [1.807, 2.05) is 12.1 Å². The van der Waals surface area contributed by atoms with Gasteiger partial charge in [0.05, 0.1) is 11.3 Å². The highest BCUT2D eigenvalue weighted by molar-refractivity contribution is 9.10. The van der Waals surface area contributed by atoms with Crippen molar-refractivity contribution in [2.75, 3.05) is 0 Å². The molecule has 0 radical (unpaired) electrons. The maximum Gasteiger partial charge on any atom is 0.345 e. The van der Waals surface area contributed by atoms with E-state index in [-0.39, 0.29) is 5.96 Å². The van der Waals surface area contributed by atoms with Crippen molar-refractivity contribution in [2.24, 2.45) is 16.5 Å². The lowest BCUT2D eigenvalue weighted by Gasteiger charge is -2.00. The molecular formula is C13H9BrN4O2S. The molecule has 0 amide bonds. The first kappa shape index (κ1) is 13.8. The maximum absolute atomic E-state index is 12.1. The van der Waals surface area contributed by atoms with Crippen molar-refractivity contribution in [1.29, 1.82) is 0 Å². The third-order valence-electron chi connectivity index (χ3n) is 2.69. The fraction of sp³-hybridized carbons (Fsp3) is 0. The molecule has 3 rings (SSSR count). The standard InChI is InChI=1S/C13H9BrN4O2S/c14-7-1-2-10-6(3-7)4-8(11(19)20-10)9-5-21-13(17-9)18-12(15)16/h1-5H,(H4,15,16,17,18). The lowest BCUT2D eigenvalue weighted by atomic mass is 10.1. The first-order chi connectivity index (χ1) is 10.0. The Bertz CT molecular complexity index is 912. The molecule has 6 nitrogen and oxygen atoms in total. The zero-order chi connectivity index (χ0) is 15.0. The van der Waals surface area contributed by atoms with Gasteiger partial charge in [0.1, 0.15) is 5.58 Å². The van der Waals surface area contributed by atoms with E-state index in [4.69, 9.17) is 15.9 Å². The van der Waals surface area contributed by atoms with Gasteiger partial charge in [0.2, 0.25) is 5.13 Å². The Balaban J connectivity index is 2.15. The molecule has 0 saturated carbocycles. The van der Waals surface area contributed by atoms with E-state index >= 15 is 0 Å². The summed E-state index contributed by atoms with van der Waals surface area (Å²) in [6.45, 7) is 0. The number of thiazole rings is 1. The highest BCUT2D eigenvalue weighted by Crippen LogP contribution is 2.27. The van der Waals surface area contributed by atoms with E-state index in [1.165, 1.54) is 11.3 Å². The van der Waals surface area contributed by atoms with Gasteiger partial charge in [-0.2, -0.15) is 4.99 Å². The van der Waals surface area contributed by atoms with Gasteiger partial charge in [0.25, 0.3) is 0 Å². The molecule has 21 heavy (non-hydrogen) atoms. The van der Waals surface area contributed by atoms with Gasteiger partial charge in [-0.25, -0.2) is 9.78 Å². The second kappa shape index (κ2) is 5.30. The normalized spacial score (nSPS) is 10.7. The zero-order valence-corrected chi connectivity index (χ0v) is 12.9. The fourth-order valence-corrected chi connectivity index (χ4v) is 2.91. The molecule has 0 bridgehead atoms. The summed E-state index contributed by atoms with van der Waals surface area (Å²) < 4.78 is 6.19. The van der Waals surface area contributed by atoms with Crippen molar-refractivity contribution in [1.82, 2.24) is 4.98 Å². The van der Waals surface area contributed by atoms with Crippen molar-refractivity contribution in [3.8, 4) is 11.3 Å². The van der Waals surface area contributed by atoms with E-state index in [0.717, 1.165) is 9.86 Å². The number of nitrogens with zero attached hydrogens (tertiary/aromatic N) is 2. The number of benzene rings is 1. The first-order valence-corrected chi connectivity index (χ1v) is 7.49. The summed E-state index contributed by atoms with van der Waals surface area (Å²) in [6.07, 6.45) is 0. The number of hydrogen-bond donors (Lipinski definition) is 2. The number of guanidine groups is 1. The second-order valence-electron chi connectivity index (χ2n) is 4.18. The molecule has 2 heterocycles. The van der Waals surface area contributed by atoms with Gasteiger partial charge in [0, 0.05) is 15.2 Å². The van der Waals surface area contributed by atoms with Crippen LogP contribution in [0.5, 0.6) is 0 Å². The Hall–Kier alpha value is -2.19. The molecular weight excluding hydrogens is 356 g/mol. The smallest absolute Gasteiger partial charge is 0.345 e. The van der Waals surface area contributed by atoms with Crippen molar-refractivity contribution >= 4 is 49.3 Å². The SMILES string of the molecule is NC(N)=Nc1nc(-c2cc3cc(Br)ccc3oc2=O)cs1. The molecule has 2 aromatic heterocycles. The highest BCUT2D eigenvalue weighted by atomic mass is 79.9. The number of fused-ring (bicyclic) bond motifs is 1. The minimum absolute atomic E-state index is 0.0784. The van der Waals surface area contributed by atoms with Crippen LogP contribution in [-0.2, 0) is 0 Å². The zero-order valence-electron chi connectivity index (χ0n) is 10.5. The Morgan fingerprint density at radius 1 is 1.33 bits per heavy atom. The lowest BCUT2D eigenvalue weighted by molar-refractivity contribution is 0.563. The minimum atomic E-state index is -0.452. The van der Waals surface area contributed by atoms with Gasteiger partial charge in [-0.1, -0.05) is 15.9 Å². The van der Waals surface area contributed by atoms with E-state index in [0.29, 0.717) is 22.0 Å². The predicted octanol–water partition coefficient (Wildman–Crippen LogP) is 2.58. The molecule has 0 atom stereocenters. The van der Waals surface area contributed by atoms with Gasteiger partial charge in [0.15, 0.2) is 5.96 Å². The molecule has 1 aromatic carbocycles. The van der Waals surface area contributed by atoms with Crippen LogP contribution in [0.3, 0.4) is 0 Å². The van der Waals surface area contributed by atoms with Crippen molar-refractivity contribution in [3.63, 3.8) is 0 Å². The molecule has 0 unspecified atom stereocenters. The largest absolute Gasteiger partial charge is 0.422 e. The van der Waals surface area contributed by atoms with E-state index in [2.05, 4.69) is 25.9 Å². The molecule has 4 N–H and O–H groups in total. The predicted molar refractivity (Wildman–Crippen MR) is 86.8 cm³/mol. The van der Waals surface area contributed by atoms with Crippen LogP contribution in [0, 0.1) is 0 Å². The highest BCUT2D eigenvalue weighted by Gasteiger charge is 2.11. The molecule has 0 spiro atoms. The average Bonchev–Trinajstić information content (AvgIpc) is 2.86. The van der Waals surface area contributed by atoms with Gasteiger partial charge in [-0.3, -0.25) is 0 Å². The van der Waals surface area contributed by atoms with Crippen LogP contribution in [-0.4, -0.2) is 10.9 Å². The third-order valence-corrected chi connectivity index (χ3v) is 3.91. The van der Waals surface area contributed by atoms with Gasteiger partial charge >= 0.3 is 5.63 Å². The molecule has 3 aromatic rings. The Labute approximate surface area is 131 Å². The third kappa shape index (κ3) is 2.81. The van der Waals surface area contributed by atoms with E-state index in [9.17, 15) is 4.79 Å². The second-order valence-corrected chi connectivity index (χ2v) is 5.93. The summed E-state index contributed by atoms with van der Waals surface area (Å²) in [5, 5.41) is 2.90. The summed E-state index contributed by atoms with van der Waals surface area (Å²) in [5.74, 6) is -0.0784. The molecule has 0 fully saturated rings. The lowest BCUT2D eigenvalue weighted by Crippen LogP contribution is -2.21. The summed E-state index contributed by atoms with van der Waals surface area (Å²) in [6, 6.07) is 7.15. The maximum atomic E-state index is 12.1. The summed E-state index contributed by atoms with van der Waals surface area (Å²) >= 11 is 4.63. The molecule has 106 valence electrons. The number of halogens is 1. The number of rotatable bonds is 2. The summed E-state index contributed by atoms with van der Waals surface area (Å²) in [5.41, 5.74) is 11.5. The van der Waals surface area contributed by atoms with Crippen molar-refractivity contribution in [3.05, 3.63) is 44.5 Å². The van der Waals surface area contributed by atoms with Crippen LogP contribution in [0.4, 0.5) is 5.13 Å². The summed E-state index contributed by atoms with van der Waals surface area (Å²) in [7, 11) is 0. The van der Waals surface area contributed by atoms with E-state index in [1.54, 1.807) is 17.5 Å². The van der Waals surface area contributed by atoms with Crippen LogP contribution in [0.25, 0.3) is 22.2 Å². The van der Waals surface area contributed by atoms with E-state index < -0.39 is 5.63 Å². The van der Waals surface area contributed by atoms with Gasteiger partial charge in [-0.15, -0.1) is 11.3 Å². The minimum Gasteiger partial charge on any atom is -0.422 e. The quantitative estimate of drug-likeness (QED) is 0.412. The Morgan fingerprint density at radius 3 is 2.90 bits per heavy atom. The molecule has 0 saturated heterocycles. The van der Waals surface area contributed by atoms with Crippen LogP contribution in [0.2, 0.25) is 0 Å². The van der Waals surface area contributed by atoms with Crippen LogP contribution in [0.15, 0.2) is 48.3 Å². The molecule has 0 aliphatic carbocycles. The number of aromatic nitrogens is 1. The number of hydrogen-bond acceptors (Lipinski definition) is 5. The average molecular weight is 365 g/mol. The summed E-state index contributed by atoms with van der Waals surface area (Å²) in [4.78, 5) is 20.1. The first-order valence-electron chi connectivity index (χ1n) is 5.82. The van der Waals surface area contributed by atoms with Crippen LogP contribution in [0.1, 0.15) is 0 Å². The van der Waals surface area contributed by atoms with Crippen LogP contribution < -0.4 is 17.1 Å². The van der Waals surface area contributed by atoms with Crippen molar-refractivity contribution < 1.29 is 4.42 Å². The Morgan fingerprint density at radius 2 is 2.14 bits per heavy atom. The van der Waals surface area contributed by atoms with Crippen LogP contribution >= 0.6 is 27.3 Å². The van der Waals surface area contributed by atoms with Gasteiger partial charge < -0.3 is 15.9 Å². The monoisotopic (exact) mass is 364 g/mol. The van der Waals surface area contributed by atoms with Crippen molar-refractivity contribution in [2.45, 2.75) is 0 Å². The molecule has 0 aliphatic heterocycles. The Kier molecular flexibility index (Phi) is 3.48. The number of aliphatic imine (C=N–C) groups is 1. The molecule has 8 heteroatoms. The molecule has 0 aliphatic rings. The topological polar surface area (TPSA) is 108 Å². The van der Waals surface area contributed by atoms with Gasteiger partial charge in [-0.05, 0) is 24.3 Å².